The van der Waals surface area contributed by atoms with E-state index in [-0.39, 0.29) is 11.8 Å². The van der Waals surface area contributed by atoms with Crippen LogP contribution in [0.4, 0.5) is 0 Å². The van der Waals surface area contributed by atoms with E-state index in [0.29, 0.717) is 13.2 Å². The number of ether oxygens (including phenoxy) is 1. The fourth-order valence-electron chi connectivity index (χ4n) is 2.72. The first-order valence-corrected chi connectivity index (χ1v) is 7.32. The molecular formula is C16H19N3O2. The van der Waals surface area contributed by atoms with Gasteiger partial charge in [-0.3, -0.25) is 9.89 Å². The van der Waals surface area contributed by atoms with Crippen molar-refractivity contribution in [1.29, 1.82) is 0 Å². The molecule has 0 saturated heterocycles. The summed E-state index contributed by atoms with van der Waals surface area (Å²) in [5, 5.41) is 9.97. The van der Waals surface area contributed by atoms with Gasteiger partial charge in [0.15, 0.2) is 0 Å². The van der Waals surface area contributed by atoms with Crippen molar-refractivity contribution in [3.05, 3.63) is 47.8 Å². The molecule has 1 aliphatic rings. The molecule has 0 saturated carbocycles. The van der Waals surface area contributed by atoms with Gasteiger partial charge in [-0.25, -0.2) is 0 Å². The number of benzene rings is 1. The molecule has 5 nitrogen and oxygen atoms in total. The molecule has 0 unspecified atom stereocenters. The van der Waals surface area contributed by atoms with Crippen LogP contribution in [0.15, 0.2) is 36.5 Å². The van der Waals surface area contributed by atoms with Gasteiger partial charge >= 0.3 is 0 Å². The summed E-state index contributed by atoms with van der Waals surface area (Å²) in [5.41, 5.74) is 2.14. The van der Waals surface area contributed by atoms with E-state index in [0.717, 1.165) is 36.3 Å². The lowest BCUT2D eigenvalue weighted by atomic mass is 9.86. The van der Waals surface area contributed by atoms with Gasteiger partial charge in [-0.05, 0) is 31.4 Å². The minimum absolute atomic E-state index is 0.0639. The molecule has 5 heteroatoms. The van der Waals surface area contributed by atoms with Crippen molar-refractivity contribution < 1.29 is 9.53 Å². The third kappa shape index (κ3) is 3.24. The van der Waals surface area contributed by atoms with Crippen LogP contribution in [-0.4, -0.2) is 29.3 Å². The van der Waals surface area contributed by atoms with E-state index in [4.69, 9.17) is 4.74 Å². The molecule has 1 atom stereocenters. The second kappa shape index (κ2) is 6.43. The maximum atomic E-state index is 12.3. The zero-order valence-corrected chi connectivity index (χ0v) is 11.8. The van der Waals surface area contributed by atoms with Gasteiger partial charge in [0, 0.05) is 11.3 Å². The highest BCUT2D eigenvalue weighted by molar-refractivity contribution is 5.84. The van der Waals surface area contributed by atoms with Crippen LogP contribution < -0.4 is 10.1 Å². The molecule has 110 valence electrons. The van der Waals surface area contributed by atoms with Gasteiger partial charge in [-0.15, -0.1) is 0 Å². The molecule has 0 bridgehead atoms. The number of nitrogens with zero attached hydrogens (tertiary/aromatic N) is 1. The lowest BCUT2D eigenvalue weighted by Crippen LogP contribution is -2.33. The first kappa shape index (κ1) is 13.7. The molecule has 1 aliphatic carbocycles. The van der Waals surface area contributed by atoms with Gasteiger partial charge in [-0.2, -0.15) is 5.10 Å². The Kier molecular flexibility index (Phi) is 4.19. The Morgan fingerprint density at radius 1 is 1.38 bits per heavy atom. The van der Waals surface area contributed by atoms with E-state index in [1.807, 2.05) is 30.3 Å². The number of para-hydroxylation sites is 1. The summed E-state index contributed by atoms with van der Waals surface area (Å²) in [6.07, 6.45) is 4.67. The summed E-state index contributed by atoms with van der Waals surface area (Å²) in [7, 11) is 0. The molecule has 21 heavy (non-hydrogen) atoms. The number of carbonyl (C=O) groups is 1. The van der Waals surface area contributed by atoms with Gasteiger partial charge < -0.3 is 10.1 Å². The molecule has 2 aromatic rings. The SMILES string of the molecule is O=C(NCCOc1ccccc1)[C@@H]1CCCc2[nH]ncc21. The van der Waals surface area contributed by atoms with E-state index in [1.54, 1.807) is 6.20 Å². The molecule has 0 aliphatic heterocycles. The highest BCUT2D eigenvalue weighted by atomic mass is 16.5. The number of aromatic nitrogens is 2. The summed E-state index contributed by atoms with van der Waals surface area (Å²) in [4.78, 5) is 12.3. The topological polar surface area (TPSA) is 67.0 Å². The molecule has 3 rings (SSSR count). The first-order valence-electron chi connectivity index (χ1n) is 7.32. The van der Waals surface area contributed by atoms with Crippen LogP contribution in [0.25, 0.3) is 0 Å². The maximum absolute atomic E-state index is 12.3. The van der Waals surface area contributed by atoms with Crippen molar-refractivity contribution in [1.82, 2.24) is 15.5 Å². The summed E-state index contributed by atoms with van der Waals surface area (Å²) in [5.74, 6) is 0.805. The first-order chi connectivity index (χ1) is 10.3. The number of aromatic amines is 1. The quantitative estimate of drug-likeness (QED) is 0.826. The Morgan fingerprint density at radius 3 is 3.10 bits per heavy atom. The predicted octanol–water partition coefficient (Wildman–Crippen LogP) is 2.02. The van der Waals surface area contributed by atoms with Crippen LogP contribution >= 0.6 is 0 Å². The number of fused-ring (bicyclic) bond motifs is 1. The number of amides is 1. The number of nitrogens with one attached hydrogen (secondary N) is 2. The van der Waals surface area contributed by atoms with Crippen molar-refractivity contribution in [3.8, 4) is 5.75 Å². The van der Waals surface area contributed by atoms with Crippen molar-refractivity contribution in [3.63, 3.8) is 0 Å². The molecule has 0 spiro atoms. The van der Waals surface area contributed by atoms with Crippen LogP contribution in [0.5, 0.6) is 5.75 Å². The van der Waals surface area contributed by atoms with E-state index >= 15 is 0 Å². The fourth-order valence-corrected chi connectivity index (χ4v) is 2.72. The molecule has 1 aromatic heterocycles. The van der Waals surface area contributed by atoms with Gasteiger partial charge in [-0.1, -0.05) is 18.2 Å². The lowest BCUT2D eigenvalue weighted by Gasteiger charge is -2.21. The summed E-state index contributed by atoms with van der Waals surface area (Å²) < 4.78 is 5.56. The van der Waals surface area contributed by atoms with E-state index in [9.17, 15) is 4.79 Å². The highest BCUT2D eigenvalue weighted by Gasteiger charge is 2.27. The Labute approximate surface area is 123 Å². The Bertz CT molecular complexity index is 595. The number of rotatable bonds is 5. The zero-order valence-electron chi connectivity index (χ0n) is 11.8. The minimum Gasteiger partial charge on any atom is -0.492 e. The van der Waals surface area contributed by atoms with Gasteiger partial charge in [0.05, 0.1) is 18.7 Å². The predicted molar refractivity (Wildman–Crippen MR) is 79.2 cm³/mol. The lowest BCUT2D eigenvalue weighted by molar-refractivity contribution is -0.123. The normalized spacial score (nSPS) is 17.0. The maximum Gasteiger partial charge on any atom is 0.227 e. The molecule has 1 amide bonds. The van der Waals surface area contributed by atoms with Crippen LogP contribution in [-0.2, 0) is 11.2 Å². The number of aryl methyl sites for hydroxylation is 1. The van der Waals surface area contributed by atoms with Crippen LogP contribution in [0.2, 0.25) is 0 Å². The number of hydrogen-bond acceptors (Lipinski definition) is 3. The van der Waals surface area contributed by atoms with E-state index in [1.165, 1.54) is 0 Å². The molecule has 1 aromatic carbocycles. The summed E-state index contributed by atoms with van der Waals surface area (Å²) in [6.45, 7) is 0.984. The standard InChI is InChI=1S/C16H19N3O2/c20-16(13-7-4-8-15-14(13)11-18-19-15)17-9-10-21-12-5-2-1-3-6-12/h1-3,5-6,11,13H,4,7-10H2,(H,17,20)(H,18,19)/t13-/m1/s1. The molecular weight excluding hydrogens is 266 g/mol. The van der Waals surface area contributed by atoms with Gasteiger partial charge in [0.2, 0.25) is 5.91 Å². The van der Waals surface area contributed by atoms with Crippen molar-refractivity contribution in [2.75, 3.05) is 13.2 Å². The van der Waals surface area contributed by atoms with E-state index < -0.39 is 0 Å². The second-order valence-corrected chi connectivity index (χ2v) is 5.20. The van der Waals surface area contributed by atoms with E-state index in [2.05, 4.69) is 15.5 Å². The molecule has 1 heterocycles. The van der Waals surface area contributed by atoms with Crippen LogP contribution in [0.1, 0.15) is 30.0 Å². The number of hydrogen-bond donors (Lipinski definition) is 2. The third-order valence-corrected chi connectivity index (χ3v) is 3.78. The van der Waals surface area contributed by atoms with Gasteiger partial charge in [0.25, 0.3) is 0 Å². The van der Waals surface area contributed by atoms with Crippen LogP contribution in [0.3, 0.4) is 0 Å². The van der Waals surface area contributed by atoms with Crippen LogP contribution in [0, 0.1) is 0 Å². The molecule has 0 fully saturated rings. The number of carbonyl (C=O) groups excluding carboxylic acids is 1. The average Bonchev–Trinajstić information content (AvgIpc) is 3.01. The Balaban J connectivity index is 1.47. The second-order valence-electron chi connectivity index (χ2n) is 5.20. The smallest absolute Gasteiger partial charge is 0.227 e. The molecule has 2 N–H and O–H groups in total. The Morgan fingerprint density at radius 2 is 2.24 bits per heavy atom. The van der Waals surface area contributed by atoms with Crippen molar-refractivity contribution in [2.45, 2.75) is 25.2 Å². The summed E-state index contributed by atoms with van der Waals surface area (Å²) in [6, 6.07) is 9.61. The highest BCUT2D eigenvalue weighted by Crippen LogP contribution is 2.30. The van der Waals surface area contributed by atoms with Crippen molar-refractivity contribution >= 4 is 5.91 Å². The number of H-pyrrole nitrogens is 1. The minimum atomic E-state index is -0.0794. The zero-order chi connectivity index (χ0) is 14.5. The fraction of sp³-hybridized carbons (Fsp3) is 0.375. The monoisotopic (exact) mass is 285 g/mol. The summed E-state index contributed by atoms with van der Waals surface area (Å²) >= 11 is 0. The van der Waals surface area contributed by atoms with Gasteiger partial charge in [0.1, 0.15) is 12.4 Å². The largest absolute Gasteiger partial charge is 0.492 e. The average molecular weight is 285 g/mol. The Hall–Kier alpha value is -2.30. The molecule has 0 radical (unpaired) electrons. The third-order valence-electron chi connectivity index (χ3n) is 3.78. The van der Waals surface area contributed by atoms with Crippen molar-refractivity contribution in [2.24, 2.45) is 0 Å².